The zero-order valence-electron chi connectivity index (χ0n) is 15.3. The van der Waals surface area contributed by atoms with Gasteiger partial charge in [-0.05, 0) is 44.2 Å². The van der Waals surface area contributed by atoms with Gasteiger partial charge in [-0.25, -0.2) is 13.6 Å². The SMILES string of the molecule is Cc1ccc(CN(C)CC(=O)N[C@H](C)c2ccc(S(N)(=O)=O)cc2)cc1. The second-order valence-corrected chi connectivity index (χ2v) is 8.12. The van der Waals surface area contributed by atoms with E-state index in [4.69, 9.17) is 5.14 Å². The lowest BCUT2D eigenvalue weighted by molar-refractivity contribution is -0.122. The number of benzene rings is 2. The van der Waals surface area contributed by atoms with Gasteiger partial charge in [0, 0.05) is 6.54 Å². The van der Waals surface area contributed by atoms with Crippen LogP contribution in [0.5, 0.6) is 0 Å². The molecule has 0 aromatic heterocycles. The number of nitrogens with two attached hydrogens (primary N) is 1. The fourth-order valence-corrected chi connectivity index (χ4v) is 3.14. The lowest BCUT2D eigenvalue weighted by Gasteiger charge is -2.19. The minimum absolute atomic E-state index is 0.0533. The van der Waals surface area contributed by atoms with Crippen molar-refractivity contribution in [3.05, 3.63) is 65.2 Å². The molecule has 140 valence electrons. The van der Waals surface area contributed by atoms with Crippen LogP contribution in [-0.4, -0.2) is 32.8 Å². The van der Waals surface area contributed by atoms with Crippen molar-refractivity contribution in [3.63, 3.8) is 0 Å². The van der Waals surface area contributed by atoms with Gasteiger partial charge in [0.2, 0.25) is 15.9 Å². The first-order valence-electron chi connectivity index (χ1n) is 8.31. The fraction of sp³-hybridized carbons (Fsp3) is 0.316. The first-order valence-corrected chi connectivity index (χ1v) is 9.86. The molecule has 0 aliphatic carbocycles. The second kappa shape index (κ2) is 8.44. The molecule has 0 radical (unpaired) electrons. The van der Waals surface area contributed by atoms with Crippen LogP contribution in [0.4, 0.5) is 0 Å². The van der Waals surface area contributed by atoms with Crippen molar-refractivity contribution in [1.29, 1.82) is 0 Å². The van der Waals surface area contributed by atoms with E-state index >= 15 is 0 Å². The Hall–Kier alpha value is -2.22. The van der Waals surface area contributed by atoms with Crippen molar-refractivity contribution in [3.8, 4) is 0 Å². The number of hydrogen-bond acceptors (Lipinski definition) is 4. The fourth-order valence-electron chi connectivity index (χ4n) is 2.62. The van der Waals surface area contributed by atoms with Crippen LogP contribution >= 0.6 is 0 Å². The lowest BCUT2D eigenvalue weighted by Crippen LogP contribution is -2.36. The van der Waals surface area contributed by atoms with E-state index < -0.39 is 10.0 Å². The maximum absolute atomic E-state index is 12.2. The van der Waals surface area contributed by atoms with Crippen LogP contribution in [0.15, 0.2) is 53.4 Å². The molecule has 3 N–H and O–H groups in total. The molecule has 6 nitrogen and oxygen atoms in total. The lowest BCUT2D eigenvalue weighted by atomic mass is 10.1. The Bertz CT molecular complexity index is 847. The number of amides is 1. The maximum Gasteiger partial charge on any atom is 0.238 e. The minimum Gasteiger partial charge on any atom is -0.348 e. The van der Waals surface area contributed by atoms with Crippen molar-refractivity contribution >= 4 is 15.9 Å². The average molecular weight is 375 g/mol. The number of nitrogens with one attached hydrogen (secondary N) is 1. The van der Waals surface area contributed by atoms with Crippen LogP contribution in [0, 0.1) is 6.92 Å². The Morgan fingerprint density at radius 2 is 1.69 bits per heavy atom. The van der Waals surface area contributed by atoms with Gasteiger partial charge in [-0.2, -0.15) is 0 Å². The Labute approximate surface area is 155 Å². The molecule has 0 spiro atoms. The van der Waals surface area contributed by atoms with Gasteiger partial charge < -0.3 is 5.32 Å². The van der Waals surface area contributed by atoms with Crippen LogP contribution in [0.25, 0.3) is 0 Å². The summed E-state index contributed by atoms with van der Waals surface area (Å²) in [5.41, 5.74) is 3.17. The molecule has 0 heterocycles. The summed E-state index contributed by atoms with van der Waals surface area (Å²) in [6, 6.07) is 14.2. The van der Waals surface area contributed by atoms with Gasteiger partial charge in [0.05, 0.1) is 17.5 Å². The third-order valence-electron chi connectivity index (χ3n) is 4.07. The topological polar surface area (TPSA) is 92.5 Å². The number of rotatable bonds is 7. The van der Waals surface area contributed by atoms with Gasteiger partial charge in [0.15, 0.2) is 0 Å². The molecule has 0 fully saturated rings. The van der Waals surface area contributed by atoms with Crippen molar-refractivity contribution < 1.29 is 13.2 Å². The molecule has 1 atom stereocenters. The van der Waals surface area contributed by atoms with Crippen molar-refractivity contribution in [2.75, 3.05) is 13.6 Å². The summed E-state index contributed by atoms with van der Waals surface area (Å²) in [6.45, 7) is 4.85. The normalized spacial score (nSPS) is 12.8. The third kappa shape index (κ3) is 5.94. The summed E-state index contributed by atoms with van der Waals surface area (Å²) < 4.78 is 22.6. The molecule has 0 saturated heterocycles. The van der Waals surface area contributed by atoms with E-state index in [1.165, 1.54) is 17.7 Å². The molecule has 2 aromatic carbocycles. The summed E-state index contributed by atoms with van der Waals surface area (Å²) in [6.07, 6.45) is 0. The van der Waals surface area contributed by atoms with Gasteiger partial charge in [-0.15, -0.1) is 0 Å². The highest BCUT2D eigenvalue weighted by atomic mass is 32.2. The number of carbonyl (C=O) groups excluding carboxylic acids is 1. The van der Waals surface area contributed by atoms with Crippen molar-refractivity contribution in [2.45, 2.75) is 31.3 Å². The average Bonchev–Trinajstić information content (AvgIpc) is 2.56. The van der Waals surface area contributed by atoms with E-state index in [2.05, 4.69) is 29.6 Å². The molecule has 2 rings (SSSR count). The highest BCUT2D eigenvalue weighted by Crippen LogP contribution is 2.15. The van der Waals surface area contributed by atoms with Gasteiger partial charge in [-0.3, -0.25) is 9.69 Å². The number of carbonyl (C=O) groups is 1. The largest absolute Gasteiger partial charge is 0.348 e. The van der Waals surface area contributed by atoms with Gasteiger partial charge in [0.1, 0.15) is 0 Å². The third-order valence-corrected chi connectivity index (χ3v) is 5.00. The highest BCUT2D eigenvalue weighted by Gasteiger charge is 2.13. The molecule has 0 saturated carbocycles. The summed E-state index contributed by atoms with van der Waals surface area (Å²) in [5.74, 6) is -0.0948. The second-order valence-electron chi connectivity index (χ2n) is 6.56. The molecule has 0 bridgehead atoms. The molecule has 1 amide bonds. The monoisotopic (exact) mass is 375 g/mol. The van der Waals surface area contributed by atoms with Crippen LogP contribution < -0.4 is 10.5 Å². The van der Waals surface area contributed by atoms with E-state index in [0.29, 0.717) is 6.54 Å². The molecular weight excluding hydrogens is 350 g/mol. The Kier molecular flexibility index (Phi) is 6.52. The Morgan fingerprint density at radius 1 is 1.12 bits per heavy atom. The van der Waals surface area contributed by atoms with Crippen LogP contribution in [-0.2, 0) is 21.4 Å². The number of hydrogen-bond donors (Lipinski definition) is 2. The summed E-state index contributed by atoms with van der Waals surface area (Å²) in [4.78, 5) is 14.2. The predicted octanol–water partition coefficient (Wildman–Crippen LogP) is 1.95. The minimum atomic E-state index is -3.71. The number of primary sulfonamides is 1. The van der Waals surface area contributed by atoms with E-state index in [9.17, 15) is 13.2 Å². The molecular formula is C19H25N3O3S. The van der Waals surface area contributed by atoms with Crippen LogP contribution in [0.1, 0.15) is 29.7 Å². The Morgan fingerprint density at radius 3 is 2.23 bits per heavy atom. The van der Waals surface area contributed by atoms with Crippen LogP contribution in [0.2, 0.25) is 0 Å². The molecule has 26 heavy (non-hydrogen) atoms. The first-order chi connectivity index (χ1) is 12.1. The summed E-state index contributed by atoms with van der Waals surface area (Å²) >= 11 is 0. The number of likely N-dealkylation sites (N-methyl/N-ethyl adjacent to an activating group) is 1. The van der Waals surface area contributed by atoms with Crippen molar-refractivity contribution in [2.24, 2.45) is 5.14 Å². The zero-order valence-corrected chi connectivity index (χ0v) is 16.1. The van der Waals surface area contributed by atoms with Gasteiger partial charge >= 0.3 is 0 Å². The summed E-state index contributed by atoms with van der Waals surface area (Å²) in [5, 5.41) is 8.01. The molecule has 0 unspecified atom stereocenters. The number of nitrogens with zero attached hydrogens (tertiary/aromatic N) is 1. The van der Waals surface area contributed by atoms with E-state index in [-0.39, 0.29) is 23.4 Å². The summed E-state index contributed by atoms with van der Waals surface area (Å²) in [7, 11) is -1.82. The van der Waals surface area contributed by atoms with E-state index in [1.54, 1.807) is 12.1 Å². The molecule has 0 aliphatic rings. The van der Waals surface area contributed by atoms with Crippen molar-refractivity contribution in [1.82, 2.24) is 10.2 Å². The smallest absolute Gasteiger partial charge is 0.238 e. The number of aryl methyl sites for hydroxylation is 1. The predicted molar refractivity (Wildman–Crippen MR) is 102 cm³/mol. The molecule has 2 aromatic rings. The Balaban J connectivity index is 1.89. The van der Waals surface area contributed by atoms with Crippen LogP contribution in [0.3, 0.4) is 0 Å². The number of sulfonamides is 1. The zero-order chi connectivity index (χ0) is 19.3. The van der Waals surface area contributed by atoms with E-state index in [1.807, 2.05) is 25.8 Å². The molecule has 0 aliphatic heterocycles. The van der Waals surface area contributed by atoms with Gasteiger partial charge in [0.25, 0.3) is 0 Å². The maximum atomic E-state index is 12.2. The first kappa shape index (κ1) is 20.1. The highest BCUT2D eigenvalue weighted by molar-refractivity contribution is 7.89. The van der Waals surface area contributed by atoms with Gasteiger partial charge in [-0.1, -0.05) is 42.0 Å². The quantitative estimate of drug-likeness (QED) is 0.774. The molecule has 7 heteroatoms. The standard InChI is InChI=1S/C19H25N3O3S/c1-14-4-6-16(7-5-14)12-22(3)13-19(23)21-15(2)17-8-10-18(11-9-17)26(20,24)25/h4-11,15H,12-13H2,1-3H3,(H,21,23)(H2,20,24,25)/t15-/m1/s1. The van der Waals surface area contributed by atoms with E-state index in [0.717, 1.165) is 11.1 Å².